The highest BCUT2D eigenvalue weighted by atomic mass is 32.2. The van der Waals surface area contributed by atoms with Crippen molar-refractivity contribution >= 4 is 15.5 Å². The van der Waals surface area contributed by atoms with Gasteiger partial charge in [0, 0.05) is 42.0 Å². The van der Waals surface area contributed by atoms with Crippen LogP contribution in [0.4, 0.5) is 5.69 Å². The van der Waals surface area contributed by atoms with Crippen LogP contribution in [0.5, 0.6) is 0 Å². The van der Waals surface area contributed by atoms with E-state index in [0.717, 1.165) is 28.1 Å². The third-order valence-electron chi connectivity index (χ3n) is 3.74. The van der Waals surface area contributed by atoms with Gasteiger partial charge in [-0.25, -0.2) is 8.42 Å². The predicted molar refractivity (Wildman–Crippen MR) is 93.4 cm³/mol. The number of nitrogens with zero attached hydrogens (tertiary/aromatic N) is 2. The smallest absolute Gasteiger partial charge is 0.175 e. The van der Waals surface area contributed by atoms with E-state index in [9.17, 15) is 8.42 Å². The topological polar surface area (TPSA) is 87.7 Å². The summed E-state index contributed by atoms with van der Waals surface area (Å²) >= 11 is 0. The van der Waals surface area contributed by atoms with Crippen LogP contribution in [0.25, 0.3) is 11.3 Å². The van der Waals surface area contributed by atoms with Gasteiger partial charge in [0.25, 0.3) is 0 Å². The lowest BCUT2D eigenvalue weighted by Gasteiger charge is -2.10. The molecule has 24 heavy (non-hydrogen) atoms. The number of sulfone groups is 1. The van der Waals surface area contributed by atoms with Crippen molar-refractivity contribution in [1.82, 2.24) is 15.2 Å². The van der Waals surface area contributed by atoms with Gasteiger partial charge in [0.1, 0.15) is 0 Å². The summed E-state index contributed by atoms with van der Waals surface area (Å²) in [5, 5.41) is 10.3. The Morgan fingerprint density at radius 3 is 2.75 bits per heavy atom. The van der Waals surface area contributed by atoms with E-state index >= 15 is 0 Å². The minimum absolute atomic E-state index is 0.340. The van der Waals surface area contributed by atoms with Gasteiger partial charge < -0.3 is 5.32 Å². The van der Waals surface area contributed by atoms with E-state index in [0.29, 0.717) is 11.4 Å². The molecule has 3 aromatic rings. The molecule has 0 amide bonds. The first-order valence-electron chi connectivity index (χ1n) is 7.42. The van der Waals surface area contributed by atoms with E-state index in [1.807, 2.05) is 18.2 Å². The van der Waals surface area contributed by atoms with Crippen LogP contribution in [-0.2, 0) is 16.4 Å². The lowest BCUT2D eigenvalue weighted by atomic mass is 10.1. The fourth-order valence-electron chi connectivity index (χ4n) is 2.51. The molecule has 0 aliphatic rings. The molecule has 7 heteroatoms. The Kier molecular flexibility index (Phi) is 4.35. The molecule has 0 bridgehead atoms. The minimum atomic E-state index is -3.25. The molecular formula is C17H18N4O2S. The van der Waals surface area contributed by atoms with E-state index in [2.05, 4.69) is 20.5 Å². The first kappa shape index (κ1) is 16.2. The second-order valence-electron chi connectivity index (χ2n) is 5.62. The van der Waals surface area contributed by atoms with Crippen LogP contribution in [0, 0.1) is 6.92 Å². The van der Waals surface area contributed by atoms with Crippen LogP contribution in [0.3, 0.4) is 0 Å². The Bertz CT molecular complexity index is 950. The van der Waals surface area contributed by atoms with Gasteiger partial charge >= 0.3 is 0 Å². The summed E-state index contributed by atoms with van der Waals surface area (Å²) in [4.78, 5) is 4.45. The number of nitrogens with one attached hydrogen (secondary N) is 2. The standard InChI is InChI=1S/C17H18N4O2S/c1-12-5-6-15(8-16(12)24(2,22)23)19-10-14-11-20-21-17(14)13-4-3-7-18-9-13/h3-9,11,19H,10H2,1-2H3,(H,20,21). The Hall–Kier alpha value is -2.67. The van der Waals surface area contributed by atoms with Gasteiger partial charge in [0.15, 0.2) is 9.84 Å². The second kappa shape index (κ2) is 6.45. The summed E-state index contributed by atoms with van der Waals surface area (Å²) in [6.45, 7) is 2.31. The largest absolute Gasteiger partial charge is 0.381 e. The van der Waals surface area contributed by atoms with Gasteiger partial charge in [-0.05, 0) is 36.8 Å². The van der Waals surface area contributed by atoms with E-state index in [1.165, 1.54) is 6.26 Å². The number of pyridine rings is 1. The van der Waals surface area contributed by atoms with E-state index in [-0.39, 0.29) is 0 Å². The number of hydrogen-bond donors (Lipinski definition) is 2. The Labute approximate surface area is 140 Å². The lowest BCUT2D eigenvalue weighted by Crippen LogP contribution is -2.04. The SMILES string of the molecule is Cc1ccc(NCc2cn[nH]c2-c2cccnc2)cc1S(C)(=O)=O. The highest BCUT2D eigenvalue weighted by Crippen LogP contribution is 2.23. The zero-order chi connectivity index (χ0) is 17.2. The Morgan fingerprint density at radius 1 is 1.21 bits per heavy atom. The van der Waals surface area contributed by atoms with Crippen molar-refractivity contribution < 1.29 is 8.42 Å². The normalized spacial score (nSPS) is 11.4. The molecule has 3 rings (SSSR count). The fourth-order valence-corrected chi connectivity index (χ4v) is 3.51. The van der Waals surface area contributed by atoms with Crippen LogP contribution in [-0.4, -0.2) is 29.9 Å². The number of H-pyrrole nitrogens is 1. The lowest BCUT2D eigenvalue weighted by molar-refractivity contribution is 0.601. The van der Waals surface area contributed by atoms with Gasteiger partial charge in [-0.15, -0.1) is 0 Å². The van der Waals surface area contributed by atoms with Crippen LogP contribution < -0.4 is 5.32 Å². The molecule has 0 spiro atoms. The van der Waals surface area contributed by atoms with Gasteiger partial charge in [-0.3, -0.25) is 10.1 Å². The second-order valence-corrected chi connectivity index (χ2v) is 7.60. The number of aryl methyl sites for hydroxylation is 1. The minimum Gasteiger partial charge on any atom is -0.381 e. The van der Waals surface area contributed by atoms with Gasteiger partial charge in [-0.2, -0.15) is 5.10 Å². The van der Waals surface area contributed by atoms with E-state index < -0.39 is 9.84 Å². The molecule has 124 valence electrons. The zero-order valence-corrected chi connectivity index (χ0v) is 14.3. The molecule has 0 unspecified atom stereocenters. The quantitative estimate of drug-likeness (QED) is 0.744. The van der Waals surface area contributed by atoms with Crippen LogP contribution in [0.1, 0.15) is 11.1 Å². The average molecular weight is 342 g/mol. The molecule has 0 saturated heterocycles. The third kappa shape index (κ3) is 3.46. The molecule has 2 heterocycles. The number of aromatic amines is 1. The van der Waals surface area contributed by atoms with Crippen LogP contribution >= 0.6 is 0 Å². The molecule has 0 radical (unpaired) electrons. The monoisotopic (exact) mass is 342 g/mol. The molecule has 0 fully saturated rings. The molecule has 0 aliphatic heterocycles. The van der Waals surface area contributed by atoms with Gasteiger partial charge in [0.05, 0.1) is 16.8 Å². The average Bonchev–Trinajstić information content (AvgIpc) is 3.02. The Balaban J connectivity index is 1.82. The van der Waals surface area contributed by atoms with Gasteiger partial charge in [0.2, 0.25) is 0 Å². The van der Waals surface area contributed by atoms with Crippen molar-refractivity contribution in [3.63, 3.8) is 0 Å². The van der Waals surface area contributed by atoms with E-state index in [4.69, 9.17) is 0 Å². The molecule has 2 N–H and O–H groups in total. The summed E-state index contributed by atoms with van der Waals surface area (Å²) in [6.07, 6.45) is 6.46. The van der Waals surface area contributed by atoms with Crippen LogP contribution in [0.2, 0.25) is 0 Å². The summed E-state index contributed by atoms with van der Waals surface area (Å²) in [5.74, 6) is 0. The number of rotatable bonds is 5. The molecule has 1 aromatic carbocycles. The van der Waals surface area contributed by atoms with Crippen molar-refractivity contribution in [2.45, 2.75) is 18.4 Å². The number of anilines is 1. The molecular weight excluding hydrogens is 324 g/mol. The highest BCUT2D eigenvalue weighted by Gasteiger charge is 2.12. The summed E-state index contributed by atoms with van der Waals surface area (Å²) in [5.41, 5.74) is 4.31. The van der Waals surface area contributed by atoms with Crippen molar-refractivity contribution in [3.05, 3.63) is 60.0 Å². The fraction of sp³-hybridized carbons (Fsp3) is 0.176. The van der Waals surface area contributed by atoms with Crippen molar-refractivity contribution in [3.8, 4) is 11.3 Å². The van der Waals surface area contributed by atoms with Crippen molar-refractivity contribution in [2.75, 3.05) is 11.6 Å². The summed E-state index contributed by atoms with van der Waals surface area (Å²) in [7, 11) is -3.25. The van der Waals surface area contributed by atoms with E-state index in [1.54, 1.807) is 37.6 Å². The third-order valence-corrected chi connectivity index (χ3v) is 4.98. The number of benzene rings is 1. The molecule has 2 aromatic heterocycles. The zero-order valence-electron chi connectivity index (χ0n) is 13.4. The van der Waals surface area contributed by atoms with Gasteiger partial charge in [-0.1, -0.05) is 6.07 Å². The summed E-state index contributed by atoms with van der Waals surface area (Å²) in [6, 6.07) is 9.15. The number of hydrogen-bond acceptors (Lipinski definition) is 5. The first-order valence-corrected chi connectivity index (χ1v) is 9.31. The molecule has 0 aliphatic carbocycles. The molecule has 6 nitrogen and oxygen atoms in total. The maximum absolute atomic E-state index is 11.8. The van der Waals surface area contributed by atoms with Crippen molar-refractivity contribution in [2.24, 2.45) is 0 Å². The number of aromatic nitrogens is 3. The predicted octanol–water partition coefficient (Wildman–Crippen LogP) is 2.80. The first-order chi connectivity index (χ1) is 11.4. The molecule has 0 saturated carbocycles. The molecule has 0 atom stereocenters. The maximum atomic E-state index is 11.8. The van der Waals surface area contributed by atoms with Crippen LogP contribution in [0.15, 0.2) is 53.8 Å². The summed E-state index contributed by atoms with van der Waals surface area (Å²) < 4.78 is 23.7. The highest BCUT2D eigenvalue weighted by molar-refractivity contribution is 7.90. The Morgan fingerprint density at radius 2 is 2.04 bits per heavy atom. The van der Waals surface area contributed by atoms with Crippen molar-refractivity contribution in [1.29, 1.82) is 0 Å². The maximum Gasteiger partial charge on any atom is 0.175 e.